The molecule has 1 aliphatic heterocycles. The number of amides is 2. The van der Waals surface area contributed by atoms with E-state index in [1.165, 1.54) is 26.8 Å². The van der Waals surface area contributed by atoms with Crippen molar-refractivity contribution in [3.63, 3.8) is 0 Å². The molecule has 0 radical (unpaired) electrons. The van der Waals surface area contributed by atoms with Crippen LogP contribution in [0.1, 0.15) is 37.5 Å². The highest BCUT2D eigenvalue weighted by Crippen LogP contribution is 2.35. The molecule has 0 aliphatic carbocycles. The lowest BCUT2D eigenvalue weighted by Gasteiger charge is -2.42. The molecule has 1 aliphatic rings. The number of rotatable bonds is 5. The van der Waals surface area contributed by atoms with Crippen LogP contribution in [0.25, 0.3) is 0 Å². The van der Waals surface area contributed by atoms with Crippen molar-refractivity contribution in [3.8, 4) is 6.07 Å². The van der Waals surface area contributed by atoms with Gasteiger partial charge in [0.2, 0.25) is 0 Å². The molecular formula is C24H23F3N6O. The number of hydrogen-bond donors (Lipinski definition) is 2. The Hall–Kier alpha value is -4.13. The number of anilines is 1. The molecule has 2 aromatic carbocycles. The summed E-state index contributed by atoms with van der Waals surface area (Å²) >= 11 is 0. The number of amidine groups is 1. The van der Waals surface area contributed by atoms with Crippen LogP contribution in [-0.4, -0.2) is 40.6 Å². The van der Waals surface area contributed by atoms with Gasteiger partial charge in [-0.2, -0.15) is 18.4 Å². The number of alkyl halides is 3. The van der Waals surface area contributed by atoms with Crippen LogP contribution in [0.3, 0.4) is 0 Å². The Kier molecular flexibility index (Phi) is 6.77. The summed E-state index contributed by atoms with van der Waals surface area (Å²) in [6.07, 6.45) is -3.65. The topological polar surface area (TPSA) is 98.3 Å². The van der Waals surface area contributed by atoms with E-state index >= 15 is 0 Å². The van der Waals surface area contributed by atoms with Crippen LogP contribution >= 0.6 is 0 Å². The van der Waals surface area contributed by atoms with E-state index in [9.17, 15) is 18.0 Å². The van der Waals surface area contributed by atoms with Crippen molar-refractivity contribution in [3.05, 3.63) is 76.6 Å². The maximum atomic E-state index is 13.3. The fourth-order valence-electron chi connectivity index (χ4n) is 3.64. The van der Waals surface area contributed by atoms with E-state index in [-0.39, 0.29) is 24.1 Å². The van der Waals surface area contributed by atoms with E-state index in [2.05, 4.69) is 0 Å². The van der Waals surface area contributed by atoms with Gasteiger partial charge in [-0.25, -0.2) is 4.79 Å². The summed E-state index contributed by atoms with van der Waals surface area (Å²) in [5, 5.41) is 25.6. The minimum Gasteiger partial charge on any atom is -0.316 e. The maximum Gasteiger partial charge on any atom is 0.416 e. The molecule has 2 amide bonds. The molecule has 7 nitrogen and oxygen atoms in total. The van der Waals surface area contributed by atoms with Crippen LogP contribution in [0.2, 0.25) is 0 Å². The first kappa shape index (κ1) is 24.5. The van der Waals surface area contributed by atoms with Crippen molar-refractivity contribution in [2.75, 3.05) is 11.4 Å². The number of allylic oxidation sites excluding steroid dienone is 1. The van der Waals surface area contributed by atoms with Gasteiger partial charge in [-0.3, -0.25) is 20.6 Å². The molecule has 0 bridgehead atoms. The van der Waals surface area contributed by atoms with Gasteiger partial charge in [0.1, 0.15) is 5.84 Å². The molecule has 176 valence electrons. The molecule has 0 saturated carbocycles. The van der Waals surface area contributed by atoms with E-state index in [4.69, 9.17) is 16.1 Å². The molecule has 0 atom stereocenters. The average Bonchev–Trinajstić information content (AvgIpc) is 2.80. The summed E-state index contributed by atoms with van der Waals surface area (Å²) in [4.78, 5) is 17.2. The molecule has 2 aromatic rings. The highest BCUT2D eigenvalue weighted by Gasteiger charge is 2.37. The Morgan fingerprint density at radius 1 is 1.21 bits per heavy atom. The van der Waals surface area contributed by atoms with Gasteiger partial charge in [0.05, 0.1) is 41.5 Å². The van der Waals surface area contributed by atoms with Crippen LogP contribution in [0.4, 0.5) is 23.7 Å². The third-order valence-corrected chi connectivity index (χ3v) is 5.51. The molecule has 3 rings (SSSR count). The van der Waals surface area contributed by atoms with Crippen molar-refractivity contribution in [1.29, 1.82) is 16.1 Å². The standard InChI is InChI=1S/C24H23F3N6O/c1-15(2)31-13-21(32(14-29)22(30)18-9-7-17(12-28)8-10-18)16(3)33(23(31)34)20-6-4-5-19(11-20)24(25,26)27/h4-11,14-15,29-30H,13H2,1-3H3. The number of hydrogen-bond acceptors (Lipinski definition) is 4. The van der Waals surface area contributed by atoms with Crippen molar-refractivity contribution < 1.29 is 18.0 Å². The van der Waals surface area contributed by atoms with Crippen LogP contribution in [0, 0.1) is 22.1 Å². The number of nitriles is 1. The number of benzene rings is 2. The van der Waals surface area contributed by atoms with Crippen molar-refractivity contribution >= 4 is 23.9 Å². The number of nitrogens with zero attached hydrogens (tertiary/aromatic N) is 4. The summed E-state index contributed by atoms with van der Waals surface area (Å²) in [5.41, 5.74) is 0.705. The Labute approximate surface area is 195 Å². The predicted octanol–water partition coefficient (Wildman–Crippen LogP) is 5.39. The summed E-state index contributed by atoms with van der Waals surface area (Å²) in [6, 6.07) is 12.0. The molecule has 10 heteroatoms. The monoisotopic (exact) mass is 468 g/mol. The molecule has 0 fully saturated rings. The predicted molar refractivity (Wildman–Crippen MR) is 122 cm³/mol. The number of carbonyl (C=O) groups excluding carboxylic acids is 1. The third-order valence-electron chi connectivity index (χ3n) is 5.51. The second-order valence-electron chi connectivity index (χ2n) is 7.96. The lowest BCUT2D eigenvalue weighted by molar-refractivity contribution is -0.137. The molecular weight excluding hydrogens is 445 g/mol. The first-order chi connectivity index (χ1) is 16.0. The van der Waals surface area contributed by atoms with Crippen molar-refractivity contribution in [1.82, 2.24) is 9.80 Å². The van der Waals surface area contributed by atoms with E-state index in [1.54, 1.807) is 45.0 Å². The Morgan fingerprint density at radius 2 is 1.85 bits per heavy atom. The second-order valence-corrected chi connectivity index (χ2v) is 7.96. The fraction of sp³-hybridized carbons (Fsp3) is 0.250. The number of halogens is 3. The lowest BCUT2D eigenvalue weighted by Crippen LogP contribution is -2.53. The SMILES string of the molecule is CC1=C(N(C=N)C(=N)c2ccc(C#N)cc2)CN(C(C)C)C(=O)N1c1cccc(C(F)(F)F)c1. The number of nitrogens with one attached hydrogen (secondary N) is 2. The van der Waals surface area contributed by atoms with Gasteiger partial charge < -0.3 is 4.90 Å². The van der Waals surface area contributed by atoms with Crippen LogP contribution in [0.15, 0.2) is 59.9 Å². The van der Waals surface area contributed by atoms with Crippen LogP contribution in [0.5, 0.6) is 0 Å². The zero-order valence-corrected chi connectivity index (χ0v) is 18.8. The van der Waals surface area contributed by atoms with Crippen LogP contribution < -0.4 is 4.90 Å². The van der Waals surface area contributed by atoms with Gasteiger partial charge in [0.15, 0.2) is 0 Å². The fourth-order valence-corrected chi connectivity index (χ4v) is 3.64. The highest BCUT2D eigenvalue weighted by atomic mass is 19.4. The van der Waals surface area contributed by atoms with E-state index < -0.39 is 17.8 Å². The van der Waals surface area contributed by atoms with Crippen molar-refractivity contribution in [2.45, 2.75) is 33.0 Å². The minimum atomic E-state index is -4.58. The van der Waals surface area contributed by atoms with Gasteiger partial charge in [-0.05, 0) is 63.2 Å². The van der Waals surface area contributed by atoms with Gasteiger partial charge in [0.25, 0.3) is 0 Å². The molecule has 2 N–H and O–H groups in total. The van der Waals surface area contributed by atoms with Crippen molar-refractivity contribution in [2.24, 2.45) is 0 Å². The summed E-state index contributed by atoms with van der Waals surface area (Å²) < 4.78 is 40.0. The normalized spacial score (nSPS) is 14.4. The smallest absolute Gasteiger partial charge is 0.316 e. The van der Waals surface area contributed by atoms with Gasteiger partial charge in [0, 0.05) is 17.3 Å². The summed E-state index contributed by atoms with van der Waals surface area (Å²) in [6.45, 7) is 5.20. The van der Waals surface area contributed by atoms with Gasteiger partial charge in [-0.15, -0.1) is 0 Å². The Balaban J connectivity index is 2.12. The summed E-state index contributed by atoms with van der Waals surface area (Å²) in [7, 11) is 0. The minimum absolute atomic E-state index is 0.0370. The third kappa shape index (κ3) is 4.64. The zero-order chi connectivity index (χ0) is 25.2. The quantitative estimate of drug-likeness (QED) is 0.454. The molecule has 0 aromatic heterocycles. The zero-order valence-electron chi connectivity index (χ0n) is 18.8. The maximum absolute atomic E-state index is 13.3. The Morgan fingerprint density at radius 3 is 2.38 bits per heavy atom. The first-order valence-electron chi connectivity index (χ1n) is 10.4. The van der Waals surface area contributed by atoms with E-state index in [0.717, 1.165) is 18.5 Å². The lowest BCUT2D eigenvalue weighted by atomic mass is 10.1. The van der Waals surface area contributed by atoms with E-state index in [1.807, 2.05) is 6.07 Å². The molecule has 34 heavy (non-hydrogen) atoms. The summed E-state index contributed by atoms with van der Waals surface area (Å²) in [5.74, 6) is -0.0733. The van der Waals surface area contributed by atoms with E-state index in [0.29, 0.717) is 22.5 Å². The molecule has 0 saturated heterocycles. The van der Waals surface area contributed by atoms with Crippen LogP contribution in [-0.2, 0) is 6.18 Å². The number of carbonyl (C=O) groups is 1. The molecule has 0 spiro atoms. The van der Waals surface area contributed by atoms with Gasteiger partial charge >= 0.3 is 12.2 Å². The Bertz CT molecular complexity index is 1190. The molecule has 0 unspecified atom stereocenters. The average molecular weight is 468 g/mol. The first-order valence-corrected chi connectivity index (χ1v) is 10.4. The highest BCUT2D eigenvalue weighted by molar-refractivity contribution is 6.05. The molecule has 1 heterocycles. The second kappa shape index (κ2) is 9.39. The number of urea groups is 1. The van der Waals surface area contributed by atoms with Gasteiger partial charge in [-0.1, -0.05) is 6.07 Å². The largest absolute Gasteiger partial charge is 0.416 e.